The molecule has 0 atom stereocenters. The molecule has 19 heavy (non-hydrogen) atoms. The van der Waals surface area contributed by atoms with Gasteiger partial charge in [0, 0.05) is 5.69 Å². The van der Waals surface area contributed by atoms with Crippen LogP contribution in [0.5, 0.6) is 0 Å². The van der Waals surface area contributed by atoms with E-state index in [1.165, 1.54) is 24.6 Å². The summed E-state index contributed by atoms with van der Waals surface area (Å²) in [6.07, 6.45) is 4.49. The molecule has 1 amide bonds. The van der Waals surface area contributed by atoms with Gasteiger partial charge in [-0.05, 0) is 31.0 Å². The number of hydrogen-bond donors (Lipinski definition) is 2. The van der Waals surface area contributed by atoms with Crippen LogP contribution in [0.4, 0.5) is 14.9 Å². The van der Waals surface area contributed by atoms with Gasteiger partial charge in [0.15, 0.2) is 0 Å². The Morgan fingerprint density at radius 1 is 1.37 bits per heavy atom. The Balaban J connectivity index is 1.81. The fourth-order valence-corrected chi connectivity index (χ4v) is 2.33. The summed E-state index contributed by atoms with van der Waals surface area (Å²) in [5.74, 6) is -0.402. The molecule has 2 rings (SSSR count). The average molecular weight is 266 g/mol. The van der Waals surface area contributed by atoms with Gasteiger partial charge in [0.1, 0.15) is 12.4 Å². The first kappa shape index (κ1) is 13.8. The second-order valence-corrected chi connectivity index (χ2v) is 5.13. The van der Waals surface area contributed by atoms with Gasteiger partial charge in [0.25, 0.3) is 0 Å². The van der Waals surface area contributed by atoms with Crippen molar-refractivity contribution >= 4 is 11.8 Å². The molecule has 0 radical (unpaired) electrons. The standard InChI is InChI=1S/C14H19FN2O2/c15-11-5-4-6-12(9-11)17-13(18)19-10-14(16)7-2-1-3-8-14/h4-6,9H,1-3,7-8,10,16H2,(H,17,18). The van der Waals surface area contributed by atoms with Crippen LogP contribution in [0.2, 0.25) is 0 Å². The molecule has 1 aliphatic carbocycles. The third-order valence-electron chi connectivity index (χ3n) is 3.41. The largest absolute Gasteiger partial charge is 0.447 e. The lowest BCUT2D eigenvalue weighted by Crippen LogP contribution is -2.46. The van der Waals surface area contributed by atoms with Gasteiger partial charge in [-0.25, -0.2) is 9.18 Å². The highest BCUT2D eigenvalue weighted by Crippen LogP contribution is 2.26. The van der Waals surface area contributed by atoms with Crippen LogP contribution >= 0.6 is 0 Å². The third kappa shape index (κ3) is 4.21. The minimum Gasteiger partial charge on any atom is -0.447 e. The lowest BCUT2D eigenvalue weighted by atomic mass is 9.83. The minimum absolute atomic E-state index is 0.203. The van der Waals surface area contributed by atoms with Crippen LogP contribution in [0.15, 0.2) is 24.3 Å². The summed E-state index contributed by atoms with van der Waals surface area (Å²) in [6.45, 7) is 0.203. The molecular weight excluding hydrogens is 247 g/mol. The van der Waals surface area contributed by atoms with E-state index in [9.17, 15) is 9.18 Å². The average Bonchev–Trinajstić information content (AvgIpc) is 2.38. The van der Waals surface area contributed by atoms with Gasteiger partial charge in [-0.2, -0.15) is 0 Å². The number of rotatable bonds is 3. The number of anilines is 1. The number of nitrogens with two attached hydrogens (primary N) is 1. The molecular formula is C14H19FN2O2. The molecule has 0 spiro atoms. The zero-order valence-electron chi connectivity index (χ0n) is 10.8. The molecule has 0 aromatic heterocycles. The van der Waals surface area contributed by atoms with Crippen molar-refractivity contribution < 1.29 is 13.9 Å². The first-order chi connectivity index (χ1) is 9.07. The van der Waals surface area contributed by atoms with E-state index in [0.717, 1.165) is 25.7 Å². The molecule has 0 heterocycles. The highest BCUT2D eigenvalue weighted by atomic mass is 19.1. The molecule has 1 fully saturated rings. The Morgan fingerprint density at radius 2 is 2.11 bits per heavy atom. The third-order valence-corrected chi connectivity index (χ3v) is 3.41. The van der Waals surface area contributed by atoms with Crippen LogP contribution in [-0.2, 0) is 4.74 Å². The highest BCUT2D eigenvalue weighted by molar-refractivity contribution is 5.84. The number of halogens is 1. The quantitative estimate of drug-likeness (QED) is 0.883. The minimum atomic E-state index is -0.596. The number of carbonyl (C=O) groups is 1. The van der Waals surface area contributed by atoms with Crippen molar-refractivity contribution in [3.63, 3.8) is 0 Å². The molecule has 0 aliphatic heterocycles. The second-order valence-electron chi connectivity index (χ2n) is 5.13. The molecule has 1 aliphatic rings. The van der Waals surface area contributed by atoms with Crippen LogP contribution < -0.4 is 11.1 Å². The van der Waals surface area contributed by atoms with Crippen LogP contribution in [-0.4, -0.2) is 18.2 Å². The summed E-state index contributed by atoms with van der Waals surface area (Å²) in [5, 5.41) is 2.48. The second kappa shape index (κ2) is 6.02. The monoisotopic (exact) mass is 266 g/mol. The van der Waals surface area contributed by atoms with E-state index in [1.807, 2.05) is 0 Å². The molecule has 1 saturated carbocycles. The van der Waals surface area contributed by atoms with Gasteiger partial charge in [-0.3, -0.25) is 5.32 Å². The van der Waals surface area contributed by atoms with Crippen molar-refractivity contribution in [1.82, 2.24) is 0 Å². The van der Waals surface area contributed by atoms with E-state index in [-0.39, 0.29) is 6.61 Å². The molecule has 1 aromatic carbocycles. The van der Waals surface area contributed by atoms with Crippen LogP contribution in [0.1, 0.15) is 32.1 Å². The van der Waals surface area contributed by atoms with Crippen molar-refractivity contribution in [1.29, 1.82) is 0 Å². The Kier molecular flexibility index (Phi) is 4.37. The van der Waals surface area contributed by atoms with Crippen molar-refractivity contribution in [2.45, 2.75) is 37.6 Å². The Labute approximate surface area is 112 Å². The van der Waals surface area contributed by atoms with Gasteiger partial charge >= 0.3 is 6.09 Å². The lowest BCUT2D eigenvalue weighted by Gasteiger charge is -2.32. The molecule has 1 aromatic rings. The van der Waals surface area contributed by atoms with Crippen LogP contribution in [0.3, 0.4) is 0 Å². The van der Waals surface area contributed by atoms with Crippen LogP contribution in [0.25, 0.3) is 0 Å². The maximum atomic E-state index is 12.9. The smallest absolute Gasteiger partial charge is 0.411 e. The van der Waals surface area contributed by atoms with Gasteiger partial charge in [-0.15, -0.1) is 0 Å². The van der Waals surface area contributed by atoms with Gasteiger partial charge in [0.05, 0.1) is 5.54 Å². The zero-order valence-corrected chi connectivity index (χ0v) is 10.8. The summed E-state index contributed by atoms with van der Waals surface area (Å²) in [5.41, 5.74) is 6.13. The Morgan fingerprint density at radius 3 is 2.79 bits per heavy atom. The first-order valence-corrected chi connectivity index (χ1v) is 6.56. The topological polar surface area (TPSA) is 64.3 Å². The van der Waals surface area contributed by atoms with E-state index in [0.29, 0.717) is 5.69 Å². The lowest BCUT2D eigenvalue weighted by molar-refractivity contribution is 0.112. The molecule has 4 nitrogen and oxygen atoms in total. The Hall–Kier alpha value is -1.62. The van der Waals surface area contributed by atoms with E-state index >= 15 is 0 Å². The summed E-state index contributed by atoms with van der Waals surface area (Å²) >= 11 is 0. The molecule has 0 saturated heterocycles. The SMILES string of the molecule is NC1(COC(=O)Nc2cccc(F)c2)CCCCC1. The fourth-order valence-electron chi connectivity index (χ4n) is 2.33. The molecule has 0 bridgehead atoms. The van der Waals surface area contributed by atoms with E-state index in [1.54, 1.807) is 6.07 Å². The predicted molar refractivity (Wildman–Crippen MR) is 71.4 cm³/mol. The summed E-state index contributed by atoms with van der Waals surface area (Å²) in [7, 11) is 0. The zero-order chi connectivity index (χ0) is 13.7. The number of ether oxygens (including phenoxy) is 1. The van der Waals surface area contributed by atoms with E-state index in [2.05, 4.69) is 5.32 Å². The van der Waals surface area contributed by atoms with Gasteiger partial charge in [0.2, 0.25) is 0 Å². The summed E-state index contributed by atoms with van der Waals surface area (Å²) in [6, 6.07) is 5.67. The number of benzene rings is 1. The molecule has 5 heteroatoms. The summed E-state index contributed by atoms with van der Waals surface area (Å²) in [4.78, 5) is 11.6. The van der Waals surface area contributed by atoms with E-state index < -0.39 is 17.4 Å². The normalized spacial score (nSPS) is 17.8. The maximum Gasteiger partial charge on any atom is 0.411 e. The highest BCUT2D eigenvalue weighted by Gasteiger charge is 2.28. The number of nitrogens with one attached hydrogen (secondary N) is 1. The predicted octanol–water partition coefficient (Wildman–Crippen LogP) is 3.04. The van der Waals surface area contributed by atoms with Crippen molar-refractivity contribution in [2.24, 2.45) is 5.73 Å². The van der Waals surface area contributed by atoms with Crippen molar-refractivity contribution in [3.8, 4) is 0 Å². The number of carbonyl (C=O) groups excluding carboxylic acids is 1. The van der Waals surface area contributed by atoms with Crippen molar-refractivity contribution in [2.75, 3.05) is 11.9 Å². The van der Waals surface area contributed by atoms with E-state index in [4.69, 9.17) is 10.5 Å². The van der Waals surface area contributed by atoms with Gasteiger partial charge in [-0.1, -0.05) is 25.3 Å². The van der Waals surface area contributed by atoms with Gasteiger partial charge < -0.3 is 10.5 Å². The number of amides is 1. The summed E-state index contributed by atoms with van der Waals surface area (Å²) < 4.78 is 18.1. The maximum absolute atomic E-state index is 12.9. The Bertz CT molecular complexity index is 445. The molecule has 3 N–H and O–H groups in total. The van der Waals surface area contributed by atoms with Crippen LogP contribution in [0, 0.1) is 5.82 Å². The molecule has 0 unspecified atom stereocenters. The molecule has 104 valence electrons. The number of hydrogen-bond acceptors (Lipinski definition) is 3. The van der Waals surface area contributed by atoms with Crippen molar-refractivity contribution in [3.05, 3.63) is 30.1 Å². The fraction of sp³-hybridized carbons (Fsp3) is 0.500. The first-order valence-electron chi connectivity index (χ1n) is 6.56.